The predicted molar refractivity (Wildman–Crippen MR) is 86.4 cm³/mol. The Hall–Kier alpha value is -2.82. The summed E-state index contributed by atoms with van der Waals surface area (Å²) >= 11 is 0. The second-order valence-electron chi connectivity index (χ2n) is 4.95. The summed E-state index contributed by atoms with van der Waals surface area (Å²) in [5, 5.41) is 4.68. The fraction of sp³-hybridized carbons (Fsp3) is 0.118. The second kappa shape index (κ2) is 5.89. The van der Waals surface area contributed by atoms with Crippen molar-refractivity contribution in [3.8, 4) is 5.75 Å². The number of hydrogen-bond donors (Lipinski definition) is 2. The molecule has 0 atom stereocenters. The highest BCUT2D eigenvalue weighted by molar-refractivity contribution is 5.99. The van der Waals surface area contributed by atoms with E-state index in [1.807, 2.05) is 24.3 Å². The van der Waals surface area contributed by atoms with Gasteiger partial charge in [0.1, 0.15) is 17.4 Å². The average molecular weight is 297 g/mol. The molecule has 3 aromatic rings. The van der Waals surface area contributed by atoms with Crippen LogP contribution in [0, 0.1) is 5.82 Å². The number of ether oxygens (including phenoxy) is 1. The SMILES string of the molecule is COc1ccc(CNc2nccc3c(N)cc(F)cc23)cc1. The van der Waals surface area contributed by atoms with Crippen LogP contribution in [0.2, 0.25) is 0 Å². The van der Waals surface area contributed by atoms with E-state index in [-0.39, 0.29) is 5.82 Å². The van der Waals surface area contributed by atoms with Gasteiger partial charge in [0.25, 0.3) is 0 Å². The van der Waals surface area contributed by atoms with Crippen LogP contribution < -0.4 is 15.8 Å². The molecule has 0 aliphatic rings. The number of nitrogens with zero attached hydrogens (tertiary/aromatic N) is 1. The van der Waals surface area contributed by atoms with E-state index in [1.54, 1.807) is 19.4 Å². The number of pyridine rings is 1. The lowest BCUT2D eigenvalue weighted by molar-refractivity contribution is 0.414. The van der Waals surface area contributed by atoms with E-state index in [4.69, 9.17) is 10.5 Å². The van der Waals surface area contributed by atoms with Gasteiger partial charge in [0, 0.05) is 29.2 Å². The summed E-state index contributed by atoms with van der Waals surface area (Å²) in [5.41, 5.74) is 7.34. The number of benzene rings is 2. The molecule has 0 spiro atoms. The lowest BCUT2D eigenvalue weighted by atomic mass is 10.1. The number of nitrogen functional groups attached to an aromatic ring is 1. The Kier molecular flexibility index (Phi) is 3.78. The number of aromatic nitrogens is 1. The van der Waals surface area contributed by atoms with Crippen molar-refractivity contribution in [3.63, 3.8) is 0 Å². The van der Waals surface area contributed by atoms with E-state index < -0.39 is 0 Å². The summed E-state index contributed by atoms with van der Waals surface area (Å²) in [7, 11) is 1.63. The summed E-state index contributed by atoms with van der Waals surface area (Å²) in [6.07, 6.45) is 1.66. The number of halogens is 1. The molecule has 0 saturated heterocycles. The van der Waals surface area contributed by atoms with Crippen LogP contribution in [-0.4, -0.2) is 12.1 Å². The number of hydrogen-bond acceptors (Lipinski definition) is 4. The first-order valence-electron chi connectivity index (χ1n) is 6.88. The number of nitrogens with one attached hydrogen (secondary N) is 1. The molecule has 0 fully saturated rings. The van der Waals surface area contributed by atoms with Gasteiger partial charge in [-0.2, -0.15) is 0 Å². The smallest absolute Gasteiger partial charge is 0.134 e. The summed E-state index contributed by atoms with van der Waals surface area (Å²) in [5.74, 6) is 1.05. The molecule has 22 heavy (non-hydrogen) atoms. The Bertz CT molecular complexity index is 803. The van der Waals surface area contributed by atoms with Crippen LogP contribution in [-0.2, 0) is 6.54 Å². The summed E-state index contributed by atoms with van der Waals surface area (Å²) in [4.78, 5) is 4.28. The maximum Gasteiger partial charge on any atom is 0.134 e. The molecule has 0 radical (unpaired) electrons. The minimum absolute atomic E-state index is 0.370. The highest BCUT2D eigenvalue weighted by Gasteiger charge is 2.07. The monoisotopic (exact) mass is 297 g/mol. The number of anilines is 2. The molecule has 0 aliphatic carbocycles. The Balaban J connectivity index is 1.87. The van der Waals surface area contributed by atoms with E-state index in [0.29, 0.717) is 23.4 Å². The number of nitrogens with two attached hydrogens (primary N) is 1. The van der Waals surface area contributed by atoms with Crippen molar-refractivity contribution >= 4 is 22.3 Å². The van der Waals surface area contributed by atoms with Gasteiger partial charge in [-0.05, 0) is 35.9 Å². The molecule has 0 unspecified atom stereocenters. The molecule has 112 valence electrons. The van der Waals surface area contributed by atoms with Gasteiger partial charge in [0.15, 0.2) is 0 Å². The van der Waals surface area contributed by atoms with Crippen LogP contribution in [0.25, 0.3) is 10.8 Å². The quantitative estimate of drug-likeness (QED) is 0.723. The Morgan fingerprint density at radius 3 is 2.64 bits per heavy atom. The van der Waals surface area contributed by atoms with E-state index in [1.165, 1.54) is 12.1 Å². The normalized spacial score (nSPS) is 10.6. The van der Waals surface area contributed by atoms with Crippen LogP contribution in [0.15, 0.2) is 48.7 Å². The van der Waals surface area contributed by atoms with Gasteiger partial charge in [0.05, 0.1) is 7.11 Å². The first-order valence-corrected chi connectivity index (χ1v) is 6.88. The first kappa shape index (κ1) is 14.1. The van der Waals surface area contributed by atoms with Crippen molar-refractivity contribution in [2.45, 2.75) is 6.54 Å². The highest BCUT2D eigenvalue weighted by atomic mass is 19.1. The van der Waals surface area contributed by atoms with Gasteiger partial charge < -0.3 is 15.8 Å². The minimum Gasteiger partial charge on any atom is -0.497 e. The molecule has 0 amide bonds. The average Bonchev–Trinajstić information content (AvgIpc) is 2.53. The van der Waals surface area contributed by atoms with Gasteiger partial charge in [-0.25, -0.2) is 9.37 Å². The lowest BCUT2D eigenvalue weighted by Crippen LogP contribution is -2.02. The molecule has 1 aromatic heterocycles. The van der Waals surface area contributed by atoms with Crippen molar-refractivity contribution in [1.29, 1.82) is 0 Å². The standard InChI is InChI=1S/C17H16FN3O/c1-22-13-4-2-11(3-5-13)10-21-17-15-8-12(18)9-16(19)14(15)6-7-20-17/h2-9H,10,19H2,1H3,(H,20,21). The summed E-state index contributed by atoms with van der Waals surface area (Å²) in [6.45, 7) is 0.576. The largest absolute Gasteiger partial charge is 0.497 e. The molecule has 0 aliphatic heterocycles. The fourth-order valence-electron chi connectivity index (χ4n) is 2.35. The topological polar surface area (TPSA) is 60.2 Å². The van der Waals surface area contributed by atoms with Crippen molar-refractivity contribution in [2.75, 3.05) is 18.2 Å². The van der Waals surface area contributed by atoms with Crippen molar-refractivity contribution < 1.29 is 9.13 Å². The molecule has 3 rings (SSSR count). The molecule has 4 nitrogen and oxygen atoms in total. The molecular weight excluding hydrogens is 281 g/mol. The fourth-order valence-corrected chi connectivity index (χ4v) is 2.35. The van der Waals surface area contributed by atoms with Crippen molar-refractivity contribution in [3.05, 3.63) is 60.0 Å². The highest BCUT2D eigenvalue weighted by Crippen LogP contribution is 2.27. The van der Waals surface area contributed by atoms with Gasteiger partial charge in [-0.15, -0.1) is 0 Å². The van der Waals surface area contributed by atoms with Crippen LogP contribution in [0.4, 0.5) is 15.9 Å². The maximum atomic E-state index is 13.6. The van der Waals surface area contributed by atoms with E-state index in [0.717, 1.165) is 16.7 Å². The third-order valence-corrected chi connectivity index (χ3v) is 3.50. The second-order valence-corrected chi connectivity index (χ2v) is 4.95. The van der Waals surface area contributed by atoms with Crippen LogP contribution in [0.3, 0.4) is 0 Å². The Labute approximate surface area is 127 Å². The Morgan fingerprint density at radius 2 is 1.91 bits per heavy atom. The molecule has 1 heterocycles. The number of rotatable bonds is 4. The Morgan fingerprint density at radius 1 is 1.14 bits per heavy atom. The molecule has 2 aromatic carbocycles. The molecule has 3 N–H and O–H groups in total. The summed E-state index contributed by atoms with van der Waals surface area (Å²) < 4.78 is 18.7. The summed E-state index contributed by atoms with van der Waals surface area (Å²) in [6, 6.07) is 12.3. The zero-order valence-electron chi connectivity index (χ0n) is 12.1. The van der Waals surface area contributed by atoms with Gasteiger partial charge in [-0.3, -0.25) is 0 Å². The van der Waals surface area contributed by atoms with Crippen molar-refractivity contribution in [1.82, 2.24) is 4.98 Å². The van der Waals surface area contributed by atoms with Crippen LogP contribution >= 0.6 is 0 Å². The van der Waals surface area contributed by atoms with E-state index in [9.17, 15) is 4.39 Å². The van der Waals surface area contributed by atoms with Gasteiger partial charge >= 0.3 is 0 Å². The maximum absolute atomic E-state index is 13.6. The minimum atomic E-state index is -0.370. The molecule has 0 saturated carbocycles. The molecule has 0 bridgehead atoms. The zero-order chi connectivity index (χ0) is 15.5. The van der Waals surface area contributed by atoms with Gasteiger partial charge in [-0.1, -0.05) is 12.1 Å². The third-order valence-electron chi connectivity index (χ3n) is 3.50. The molecular formula is C17H16FN3O. The first-order chi connectivity index (χ1) is 10.7. The molecule has 5 heteroatoms. The predicted octanol–water partition coefficient (Wildman–Crippen LogP) is 3.58. The van der Waals surface area contributed by atoms with E-state index in [2.05, 4.69) is 10.3 Å². The zero-order valence-corrected chi connectivity index (χ0v) is 12.1. The van der Waals surface area contributed by atoms with Crippen molar-refractivity contribution in [2.24, 2.45) is 0 Å². The number of methoxy groups -OCH3 is 1. The lowest BCUT2D eigenvalue weighted by Gasteiger charge is -2.10. The third kappa shape index (κ3) is 2.79. The van der Waals surface area contributed by atoms with Gasteiger partial charge in [0.2, 0.25) is 0 Å². The number of fused-ring (bicyclic) bond motifs is 1. The van der Waals surface area contributed by atoms with E-state index >= 15 is 0 Å². The van der Waals surface area contributed by atoms with Crippen LogP contribution in [0.1, 0.15) is 5.56 Å². The van der Waals surface area contributed by atoms with Crippen LogP contribution in [0.5, 0.6) is 5.75 Å².